The van der Waals surface area contributed by atoms with Gasteiger partial charge in [-0.15, -0.1) is 11.3 Å². The third-order valence-corrected chi connectivity index (χ3v) is 7.17. The molecule has 0 unspecified atom stereocenters. The second-order valence-electron chi connectivity index (χ2n) is 4.62. The Morgan fingerprint density at radius 2 is 2.30 bits per heavy atom. The average molecular weight is 381 g/mol. The van der Waals surface area contributed by atoms with Crippen molar-refractivity contribution in [1.29, 1.82) is 0 Å². The number of halogens is 1. The Kier molecular flexibility index (Phi) is 5.22. The molecule has 2 heterocycles. The molecule has 1 amide bonds. The van der Waals surface area contributed by atoms with Crippen LogP contribution in [0.1, 0.15) is 26.2 Å². The van der Waals surface area contributed by atoms with Crippen molar-refractivity contribution in [3.8, 4) is 0 Å². The number of carbonyl (C=O) groups is 1. The predicted octanol–water partition coefficient (Wildman–Crippen LogP) is 2.19. The highest BCUT2D eigenvalue weighted by molar-refractivity contribution is 9.11. The predicted molar refractivity (Wildman–Crippen MR) is 82.2 cm³/mol. The molecule has 1 saturated heterocycles. The van der Waals surface area contributed by atoms with Crippen molar-refractivity contribution in [3.63, 3.8) is 0 Å². The summed E-state index contributed by atoms with van der Waals surface area (Å²) in [6.07, 6.45) is 2.14. The third kappa shape index (κ3) is 3.24. The molecule has 1 aliphatic rings. The molecule has 8 heteroatoms. The number of thiophene rings is 1. The van der Waals surface area contributed by atoms with Gasteiger partial charge in [-0.2, -0.15) is 4.31 Å². The molecular formula is C12H17BrN2O3S2. The zero-order valence-electron chi connectivity index (χ0n) is 11.1. The van der Waals surface area contributed by atoms with Crippen molar-refractivity contribution in [2.75, 3.05) is 13.1 Å². The van der Waals surface area contributed by atoms with Gasteiger partial charge in [0.2, 0.25) is 5.91 Å². The Bertz CT molecular complexity index is 585. The molecule has 1 fully saturated rings. The number of carbonyl (C=O) groups excluding carboxylic acids is 1. The zero-order chi connectivity index (χ0) is 14.8. The van der Waals surface area contributed by atoms with Crippen LogP contribution < -0.4 is 5.32 Å². The van der Waals surface area contributed by atoms with E-state index in [0.717, 1.165) is 16.6 Å². The topological polar surface area (TPSA) is 66.5 Å². The van der Waals surface area contributed by atoms with Crippen LogP contribution >= 0.6 is 27.3 Å². The Labute approximate surface area is 131 Å². The zero-order valence-corrected chi connectivity index (χ0v) is 14.4. The molecule has 1 aromatic heterocycles. The molecule has 0 radical (unpaired) electrons. The van der Waals surface area contributed by atoms with Crippen molar-refractivity contribution >= 4 is 43.2 Å². The molecule has 20 heavy (non-hydrogen) atoms. The van der Waals surface area contributed by atoms with E-state index in [1.807, 2.05) is 6.92 Å². The molecule has 2 rings (SSSR count). The molecule has 0 spiro atoms. The largest absolute Gasteiger partial charge is 0.355 e. The molecule has 1 N–H and O–H groups in total. The Balaban J connectivity index is 2.20. The van der Waals surface area contributed by atoms with Gasteiger partial charge in [-0.05, 0) is 47.3 Å². The lowest BCUT2D eigenvalue weighted by Crippen LogP contribution is -2.45. The van der Waals surface area contributed by atoms with E-state index in [2.05, 4.69) is 21.2 Å². The van der Waals surface area contributed by atoms with E-state index >= 15 is 0 Å². The van der Waals surface area contributed by atoms with Gasteiger partial charge in [0.05, 0.1) is 3.79 Å². The van der Waals surface area contributed by atoms with Crippen LogP contribution in [0.15, 0.2) is 20.1 Å². The first kappa shape index (κ1) is 15.9. The Morgan fingerprint density at radius 1 is 1.55 bits per heavy atom. The Hall–Kier alpha value is -0.440. The highest BCUT2D eigenvalue weighted by Crippen LogP contribution is 2.32. The van der Waals surface area contributed by atoms with Crippen LogP contribution in [0.3, 0.4) is 0 Å². The summed E-state index contributed by atoms with van der Waals surface area (Å²) in [6.45, 7) is 2.95. The van der Waals surface area contributed by atoms with E-state index < -0.39 is 16.1 Å². The van der Waals surface area contributed by atoms with Gasteiger partial charge in [0.1, 0.15) is 10.3 Å². The first-order valence-corrected chi connectivity index (χ1v) is 9.56. The monoisotopic (exact) mass is 380 g/mol. The summed E-state index contributed by atoms with van der Waals surface area (Å²) in [5.41, 5.74) is 0. The molecule has 112 valence electrons. The van der Waals surface area contributed by atoms with Crippen LogP contribution in [0.2, 0.25) is 0 Å². The lowest BCUT2D eigenvalue weighted by atomic mass is 10.2. The summed E-state index contributed by atoms with van der Waals surface area (Å²) in [4.78, 5) is 12.1. The molecular weight excluding hydrogens is 364 g/mol. The van der Waals surface area contributed by atoms with Gasteiger partial charge in [-0.25, -0.2) is 8.42 Å². The summed E-state index contributed by atoms with van der Waals surface area (Å²) in [5, 5.41) is 2.78. The minimum Gasteiger partial charge on any atom is -0.355 e. The van der Waals surface area contributed by atoms with Crippen LogP contribution in [0, 0.1) is 0 Å². The highest BCUT2D eigenvalue weighted by Gasteiger charge is 2.39. The fourth-order valence-electron chi connectivity index (χ4n) is 2.21. The third-order valence-electron chi connectivity index (χ3n) is 3.17. The first-order valence-electron chi connectivity index (χ1n) is 6.51. The van der Waals surface area contributed by atoms with Crippen molar-refractivity contribution in [3.05, 3.63) is 15.9 Å². The van der Waals surface area contributed by atoms with Crippen LogP contribution in [0.4, 0.5) is 0 Å². The Morgan fingerprint density at radius 3 is 2.90 bits per heavy atom. The van der Waals surface area contributed by atoms with E-state index in [1.165, 1.54) is 15.6 Å². The van der Waals surface area contributed by atoms with Gasteiger partial charge in [-0.3, -0.25) is 4.79 Å². The second kappa shape index (κ2) is 6.55. The summed E-state index contributed by atoms with van der Waals surface area (Å²) in [5.74, 6) is -0.191. The van der Waals surface area contributed by atoms with Gasteiger partial charge in [0, 0.05) is 13.1 Å². The normalized spacial score (nSPS) is 20.2. The standard InChI is InChI=1S/C12H17BrN2O3S2/c1-2-7-14-12(16)9-4-3-8-15(9)20(17,18)11-6-5-10(13)19-11/h5-6,9H,2-4,7-8H2,1H3,(H,14,16)/t9-/m0/s1. The highest BCUT2D eigenvalue weighted by atomic mass is 79.9. The van der Waals surface area contributed by atoms with E-state index in [0.29, 0.717) is 19.5 Å². The van der Waals surface area contributed by atoms with Gasteiger partial charge in [0.15, 0.2) is 0 Å². The molecule has 0 aromatic carbocycles. The smallest absolute Gasteiger partial charge is 0.253 e. The SMILES string of the molecule is CCCNC(=O)[C@@H]1CCCN1S(=O)(=O)c1ccc(Br)s1. The van der Waals surface area contributed by atoms with Crippen LogP contribution in [0.5, 0.6) is 0 Å². The quantitative estimate of drug-likeness (QED) is 0.850. The van der Waals surface area contributed by atoms with Crippen molar-refractivity contribution < 1.29 is 13.2 Å². The summed E-state index contributed by atoms with van der Waals surface area (Å²) in [6, 6.07) is 2.70. The maximum atomic E-state index is 12.6. The van der Waals surface area contributed by atoms with E-state index in [9.17, 15) is 13.2 Å². The number of amides is 1. The van der Waals surface area contributed by atoms with Gasteiger partial charge >= 0.3 is 0 Å². The molecule has 1 aromatic rings. The molecule has 1 aliphatic heterocycles. The van der Waals surface area contributed by atoms with Gasteiger partial charge < -0.3 is 5.32 Å². The maximum Gasteiger partial charge on any atom is 0.253 e. The molecule has 5 nitrogen and oxygen atoms in total. The fourth-order valence-corrected chi connectivity index (χ4v) is 6.00. The number of nitrogens with zero attached hydrogens (tertiary/aromatic N) is 1. The maximum absolute atomic E-state index is 12.6. The molecule has 0 bridgehead atoms. The number of hydrogen-bond acceptors (Lipinski definition) is 4. The second-order valence-corrected chi connectivity index (χ2v) is 9.20. The number of sulfonamides is 1. The van der Waals surface area contributed by atoms with Crippen molar-refractivity contribution in [2.45, 2.75) is 36.4 Å². The minimum atomic E-state index is -3.58. The van der Waals surface area contributed by atoms with Crippen LogP contribution in [0.25, 0.3) is 0 Å². The van der Waals surface area contributed by atoms with Crippen molar-refractivity contribution in [2.24, 2.45) is 0 Å². The average Bonchev–Trinajstić information content (AvgIpc) is 3.04. The number of nitrogens with one attached hydrogen (secondary N) is 1. The lowest BCUT2D eigenvalue weighted by Gasteiger charge is -2.22. The van der Waals surface area contributed by atoms with Crippen LogP contribution in [-0.2, 0) is 14.8 Å². The van der Waals surface area contributed by atoms with E-state index in [-0.39, 0.29) is 10.1 Å². The first-order chi connectivity index (χ1) is 9.46. The summed E-state index contributed by atoms with van der Waals surface area (Å²) >= 11 is 4.44. The summed E-state index contributed by atoms with van der Waals surface area (Å²) < 4.78 is 27.5. The van der Waals surface area contributed by atoms with E-state index in [4.69, 9.17) is 0 Å². The molecule has 1 atom stereocenters. The number of rotatable bonds is 5. The van der Waals surface area contributed by atoms with Gasteiger partial charge in [-0.1, -0.05) is 6.92 Å². The molecule has 0 saturated carbocycles. The van der Waals surface area contributed by atoms with Gasteiger partial charge in [0.25, 0.3) is 10.0 Å². The fraction of sp³-hybridized carbons (Fsp3) is 0.583. The number of hydrogen-bond donors (Lipinski definition) is 1. The van der Waals surface area contributed by atoms with E-state index in [1.54, 1.807) is 12.1 Å². The molecule has 0 aliphatic carbocycles. The summed E-state index contributed by atoms with van der Waals surface area (Å²) in [7, 11) is -3.58. The van der Waals surface area contributed by atoms with Crippen molar-refractivity contribution in [1.82, 2.24) is 9.62 Å². The lowest BCUT2D eigenvalue weighted by molar-refractivity contribution is -0.124. The van der Waals surface area contributed by atoms with Crippen LogP contribution in [-0.4, -0.2) is 37.8 Å². The minimum absolute atomic E-state index is 0.191.